The Morgan fingerprint density at radius 3 is 2.00 bits per heavy atom. The fraction of sp³-hybridized carbons (Fsp3) is 0.375. The lowest BCUT2D eigenvalue weighted by Crippen LogP contribution is -2.35. The first-order chi connectivity index (χ1) is 18.9. The molecule has 0 spiro atoms. The van der Waals surface area contributed by atoms with E-state index >= 15 is 0 Å². The molecule has 0 aliphatic rings. The number of benzene rings is 2. The predicted octanol–water partition coefficient (Wildman–Crippen LogP) is 9.59. The summed E-state index contributed by atoms with van der Waals surface area (Å²) in [6.45, 7) is 1.19. The van der Waals surface area contributed by atoms with Crippen molar-refractivity contribution in [2.45, 2.75) is 43.6 Å². The zero-order valence-corrected chi connectivity index (χ0v) is 22.1. The van der Waals surface area contributed by atoms with Crippen molar-refractivity contribution in [3.8, 4) is 0 Å². The normalized spacial score (nSPS) is 15.0. The summed E-state index contributed by atoms with van der Waals surface area (Å²) in [5.74, 6) is -10.3. The molecule has 0 saturated heterocycles. The topological polar surface area (TPSA) is 29.1 Å². The van der Waals surface area contributed by atoms with Crippen LogP contribution in [0.2, 0.25) is 5.02 Å². The third-order valence-corrected chi connectivity index (χ3v) is 6.89. The van der Waals surface area contributed by atoms with E-state index < -0.39 is 92.8 Å². The lowest BCUT2D eigenvalue weighted by molar-refractivity contribution is -0.142. The number of halogens is 15. The predicted molar refractivity (Wildman–Crippen MR) is 126 cm³/mol. The van der Waals surface area contributed by atoms with Crippen molar-refractivity contribution in [2.75, 3.05) is 11.5 Å². The van der Waals surface area contributed by atoms with Gasteiger partial charge in [-0.25, -0.2) is 8.78 Å². The van der Waals surface area contributed by atoms with Crippen molar-refractivity contribution in [2.24, 2.45) is 0 Å². The highest BCUT2D eigenvalue weighted by atomic mass is 35.5. The SMILES string of the molecule is C[C@H](CSCC(F)(F)F)NC(=O)c1ccc(/C(F)=C/C(c2cc(F)c(Cl)c(C(F)(F)F)c2)C(F)(F)F)cc1C(F)(F)F. The maximum absolute atomic E-state index is 14.9. The van der Waals surface area contributed by atoms with Gasteiger partial charge in [-0.1, -0.05) is 17.7 Å². The van der Waals surface area contributed by atoms with Crippen LogP contribution < -0.4 is 5.32 Å². The Balaban J connectivity index is 2.49. The summed E-state index contributed by atoms with van der Waals surface area (Å²) in [5, 5.41) is 0.461. The average Bonchev–Trinajstić information content (AvgIpc) is 2.80. The molecule has 0 aromatic heterocycles. The van der Waals surface area contributed by atoms with E-state index in [-0.39, 0.29) is 30.0 Å². The molecule has 234 valence electrons. The zero-order chi connectivity index (χ0) is 32.4. The van der Waals surface area contributed by atoms with Gasteiger partial charge in [-0.3, -0.25) is 4.79 Å². The van der Waals surface area contributed by atoms with E-state index in [2.05, 4.69) is 0 Å². The van der Waals surface area contributed by atoms with Crippen LogP contribution >= 0.6 is 23.4 Å². The number of hydrogen-bond donors (Lipinski definition) is 1. The summed E-state index contributed by atoms with van der Waals surface area (Å²) in [6.07, 6.45) is -21.3. The first-order valence-electron chi connectivity index (χ1n) is 11.1. The smallest absolute Gasteiger partial charge is 0.349 e. The third-order valence-electron chi connectivity index (χ3n) is 5.24. The summed E-state index contributed by atoms with van der Waals surface area (Å²) in [4.78, 5) is 12.4. The van der Waals surface area contributed by atoms with Gasteiger partial charge in [0.15, 0.2) is 0 Å². The minimum absolute atomic E-state index is 0.0394. The van der Waals surface area contributed by atoms with E-state index in [0.717, 1.165) is 0 Å². The van der Waals surface area contributed by atoms with E-state index in [1.165, 1.54) is 6.92 Å². The van der Waals surface area contributed by atoms with Crippen LogP contribution in [0.4, 0.5) is 61.5 Å². The molecule has 0 bridgehead atoms. The molecule has 0 saturated carbocycles. The Morgan fingerprint density at radius 2 is 1.50 bits per heavy atom. The fourth-order valence-corrected chi connectivity index (χ4v) is 4.44. The largest absolute Gasteiger partial charge is 0.417 e. The molecular formula is C24H16ClF14NOS. The molecular weight excluding hydrogens is 652 g/mol. The van der Waals surface area contributed by atoms with Crippen molar-refractivity contribution >= 4 is 35.1 Å². The summed E-state index contributed by atoms with van der Waals surface area (Å²) < 4.78 is 187. The minimum atomic E-state index is -5.56. The molecule has 1 unspecified atom stereocenters. The van der Waals surface area contributed by atoms with Gasteiger partial charge in [0.1, 0.15) is 17.6 Å². The minimum Gasteiger partial charge on any atom is -0.349 e. The Bertz CT molecular complexity index is 1310. The summed E-state index contributed by atoms with van der Waals surface area (Å²) in [5.41, 5.74) is -7.63. The maximum atomic E-state index is 14.9. The molecule has 42 heavy (non-hydrogen) atoms. The molecule has 0 aliphatic heterocycles. The van der Waals surface area contributed by atoms with Crippen molar-refractivity contribution < 1.29 is 66.3 Å². The second-order valence-electron chi connectivity index (χ2n) is 8.66. The Kier molecular flexibility index (Phi) is 10.9. The van der Waals surface area contributed by atoms with E-state index in [9.17, 15) is 66.3 Å². The number of nitrogens with one attached hydrogen (secondary N) is 1. The number of rotatable bonds is 8. The number of carbonyl (C=O) groups is 1. The van der Waals surface area contributed by atoms with Crippen LogP contribution in [-0.2, 0) is 12.4 Å². The second kappa shape index (κ2) is 12.9. The standard InChI is InChI=1S/C24H16ClF14NOS/c1-10(8-42-9-21(28,29)30)40-20(41)13-3-2-11(4-15(13)23(34,35)36)17(26)7-14(22(31,32)33)12-5-16(24(37,38)39)19(25)18(27)6-12/h2-7,10,14H,8-9H2,1H3,(H,40,41)/b17-7-/t10-,14?/m1/s1. The molecule has 18 heteroatoms. The van der Waals surface area contributed by atoms with Gasteiger partial charge in [0.05, 0.1) is 27.5 Å². The number of allylic oxidation sites excluding steroid dienone is 1. The van der Waals surface area contributed by atoms with Crippen LogP contribution in [-0.4, -0.2) is 35.8 Å². The van der Waals surface area contributed by atoms with E-state index in [4.69, 9.17) is 11.6 Å². The number of hydrogen-bond acceptors (Lipinski definition) is 2. The van der Waals surface area contributed by atoms with Crippen molar-refractivity contribution in [3.05, 3.63) is 75.1 Å². The highest BCUT2D eigenvalue weighted by molar-refractivity contribution is 7.99. The Hall–Kier alpha value is -2.69. The molecule has 0 aliphatic carbocycles. The van der Waals surface area contributed by atoms with Crippen LogP contribution in [0.3, 0.4) is 0 Å². The van der Waals surface area contributed by atoms with Crippen LogP contribution in [0, 0.1) is 5.82 Å². The first-order valence-corrected chi connectivity index (χ1v) is 12.6. The number of carbonyl (C=O) groups excluding carboxylic acids is 1. The molecule has 0 fully saturated rings. The van der Waals surface area contributed by atoms with Crippen LogP contribution in [0.25, 0.3) is 5.83 Å². The van der Waals surface area contributed by atoms with Gasteiger partial charge in [0, 0.05) is 17.4 Å². The molecule has 1 N–H and O–H groups in total. The van der Waals surface area contributed by atoms with Crippen LogP contribution in [0.15, 0.2) is 36.4 Å². The molecule has 0 radical (unpaired) electrons. The highest BCUT2D eigenvalue weighted by Gasteiger charge is 2.43. The number of thioether (sulfide) groups is 1. The van der Waals surface area contributed by atoms with Gasteiger partial charge in [0.2, 0.25) is 0 Å². The fourth-order valence-electron chi connectivity index (χ4n) is 3.44. The second-order valence-corrected chi connectivity index (χ2v) is 10.1. The van der Waals surface area contributed by atoms with Gasteiger partial charge >= 0.3 is 24.7 Å². The number of amides is 1. The number of alkyl halides is 12. The Labute approximate surface area is 237 Å². The van der Waals surface area contributed by atoms with Gasteiger partial charge in [-0.05, 0) is 42.8 Å². The lowest BCUT2D eigenvalue weighted by Gasteiger charge is -2.20. The average molecular weight is 668 g/mol. The molecule has 2 atom stereocenters. The monoisotopic (exact) mass is 667 g/mol. The highest BCUT2D eigenvalue weighted by Crippen LogP contribution is 2.43. The lowest BCUT2D eigenvalue weighted by atomic mass is 9.94. The van der Waals surface area contributed by atoms with Crippen molar-refractivity contribution in [3.63, 3.8) is 0 Å². The third kappa shape index (κ3) is 9.67. The summed E-state index contributed by atoms with van der Waals surface area (Å²) in [7, 11) is 0. The van der Waals surface area contributed by atoms with E-state index in [1.54, 1.807) is 0 Å². The maximum Gasteiger partial charge on any atom is 0.417 e. The van der Waals surface area contributed by atoms with Gasteiger partial charge < -0.3 is 5.32 Å². The van der Waals surface area contributed by atoms with E-state index in [0.29, 0.717) is 23.9 Å². The molecule has 0 heterocycles. The van der Waals surface area contributed by atoms with Crippen molar-refractivity contribution in [1.29, 1.82) is 0 Å². The molecule has 2 aromatic carbocycles. The molecule has 2 nitrogen and oxygen atoms in total. The molecule has 2 aromatic rings. The molecule has 1 amide bonds. The zero-order valence-electron chi connectivity index (χ0n) is 20.5. The first kappa shape index (κ1) is 35.5. The Morgan fingerprint density at radius 1 is 0.929 bits per heavy atom. The van der Waals surface area contributed by atoms with Crippen LogP contribution in [0.1, 0.15) is 45.5 Å². The van der Waals surface area contributed by atoms with Crippen molar-refractivity contribution in [1.82, 2.24) is 5.32 Å². The van der Waals surface area contributed by atoms with E-state index in [1.807, 2.05) is 5.32 Å². The van der Waals surface area contributed by atoms with Crippen LogP contribution in [0.5, 0.6) is 0 Å². The summed E-state index contributed by atoms with van der Waals surface area (Å²) in [6, 6.07) is -0.478. The summed E-state index contributed by atoms with van der Waals surface area (Å²) >= 11 is 5.52. The van der Waals surface area contributed by atoms with Gasteiger partial charge in [0.25, 0.3) is 5.91 Å². The van der Waals surface area contributed by atoms with Gasteiger partial charge in [-0.2, -0.15) is 64.4 Å². The quantitative estimate of drug-likeness (QED) is 0.284. The van der Waals surface area contributed by atoms with Gasteiger partial charge in [-0.15, -0.1) is 0 Å². The molecule has 2 rings (SSSR count).